The lowest BCUT2D eigenvalue weighted by molar-refractivity contribution is -0.154. The van der Waals surface area contributed by atoms with E-state index in [1.54, 1.807) is 16.0 Å². The van der Waals surface area contributed by atoms with Gasteiger partial charge in [-0.15, -0.1) is 0 Å². The first-order chi connectivity index (χ1) is 17.9. The largest absolute Gasteiger partial charge is 0.487 e. The number of nitrogens with zero attached hydrogens (tertiary/aromatic N) is 3. The van der Waals surface area contributed by atoms with E-state index in [1.165, 1.54) is 0 Å². The number of carboxylic acids is 1. The van der Waals surface area contributed by atoms with Gasteiger partial charge in [0.15, 0.2) is 0 Å². The number of ether oxygens (including phenoxy) is 1. The van der Waals surface area contributed by atoms with Crippen molar-refractivity contribution in [3.63, 3.8) is 0 Å². The Balaban J connectivity index is 1.51. The lowest BCUT2D eigenvalue weighted by atomic mass is 9.77. The second-order valence-corrected chi connectivity index (χ2v) is 10.5. The normalized spacial score (nSPS) is 23.6. The Morgan fingerprint density at radius 1 is 1.05 bits per heavy atom. The van der Waals surface area contributed by atoms with E-state index in [9.17, 15) is 19.5 Å². The van der Waals surface area contributed by atoms with Gasteiger partial charge in [-0.3, -0.25) is 19.4 Å². The number of hydrogen-bond donors (Lipinski definition) is 1. The molecule has 1 aromatic heterocycles. The monoisotopic (exact) mass is 525 g/mol. The molecule has 8 nitrogen and oxygen atoms in total. The fourth-order valence-corrected chi connectivity index (χ4v) is 6.29. The molecule has 1 saturated heterocycles. The zero-order valence-electron chi connectivity index (χ0n) is 20.8. The van der Waals surface area contributed by atoms with E-state index in [4.69, 9.17) is 16.3 Å². The Hall–Kier alpha value is -3.13. The van der Waals surface area contributed by atoms with Crippen LogP contribution in [-0.2, 0) is 27.4 Å². The minimum absolute atomic E-state index is 0.0681. The molecule has 0 radical (unpaired) electrons. The number of rotatable bonds is 7. The van der Waals surface area contributed by atoms with Crippen molar-refractivity contribution < 1.29 is 24.2 Å². The standard InChI is InChI=1S/C28H32ClN3O5/c29-22-10-11-24(37-17-18-6-3-4-13-30-18)26-21(22)12-15-32(23(26)16-31-14-5-9-25(31)33)27(34)19-7-1-2-8-20(19)28(35)36/h3-4,6,10-11,13,19-20,23H,1-2,5,7-9,12,14-17H2,(H,35,36)/t19-,20+,23?/m1/s1. The molecule has 0 spiro atoms. The maximum absolute atomic E-state index is 14.0. The van der Waals surface area contributed by atoms with Crippen LogP contribution in [0.15, 0.2) is 36.5 Å². The van der Waals surface area contributed by atoms with Gasteiger partial charge in [-0.1, -0.05) is 30.5 Å². The third-order valence-corrected chi connectivity index (χ3v) is 8.28. The first-order valence-electron chi connectivity index (χ1n) is 13.1. The summed E-state index contributed by atoms with van der Waals surface area (Å²) in [5.74, 6) is -1.64. The van der Waals surface area contributed by atoms with Gasteiger partial charge in [0.25, 0.3) is 0 Å². The Morgan fingerprint density at radius 3 is 2.57 bits per heavy atom. The van der Waals surface area contributed by atoms with Gasteiger partial charge in [0.05, 0.1) is 23.6 Å². The lowest BCUT2D eigenvalue weighted by Crippen LogP contribution is -2.50. The van der Waals surface area contributed by atoms with Crippen molar-refractivity contribution in [3.05, 3.63) is 58.4 Å². The van der Waals surface area contributed by atoms with E-state index in [0.717, 1.165) is 36.1 Å². The molecule has 1 saturated carbocycles. The summed E-state index contributed by atoms with van der Waals surface area (Å²) in [7, 11) is 0. The number of aliphatic carboxylic acids is 1. The molecule has 3 atom stereocenters. The van der Waals surface area contributed by atoms with E-state index in [2.05, 4.69) is 4.98 Å². The second-order valence-electron chi connectivity index (χ2n) is 10.1. The van der Waals surface area contributed by atoms with Crippen molar-refractivity contribution in [2.45, 2.75) is 57.6 Å². The van der Waals surface area contributed by atoms with E-state index in [-0.39, 0.29) is 18.4 Å². The number of carbonyl (C=O) groups is 3. The highest BCUT2D eigenvalue weighted by Gasteiger charge is 2.43. The molecule has 3 aliphatic rings. The molecule has 1 unspecified atom stereocenters. The number of amides is 2. The topological polar surface area (TPSA) is 100 Å². The Morgan fingerprint density at radius 2 is 1.86 bits per heavy atom. The van der Waals surface area contributed by atoms with Crippen molar-refractivity contribution in [1.82, 2.24) is 14.8 Å². The van der Waals surface area contributed by atoms with Crippen LogP contribution in [0, 0.1) is 11.8 Å². The summed E-state index contributed by atoms with van der Waals surface area (Å²) in [5, 5.41) is 10.4. The van der Waals surface area contributed by atoms with Crippen LogP contribution in [0.1, 0.15) is 61.4 Å². The highest BCUT2D eigenvalue weighted by atomic mass is 35.5. The van der Waals surface area contributed by atoms with Gasteiger partial charge < -0.3 is 19.6 Å². The van der Waals surface area contributed by atoms with Crippen molar-refractivity contribution >= 4 is 29.4 Å². The van der Waals surface area contributed by atoms with E-state index in [1.807, 2.05) is 30.3 Å². The minimum Gasteiger partial charge on any atom is -0.487 e. The number of hydrogen-bond acceptors (Lipinski definition) is 5. The van der Waals surface area contributed by atoms with Crippen LogP contribution in [0.4, 0.5) is 0 Å². The molecule has 1 aliphatic carbocycles. The number of pyridine rings is 1. The van der Waals surface area contributed by atoms with Crippen LogP contribution in [0.25, 0.3) is 0 Å². The van der Waals surface area contributed by atoms with Crippen LogP contribution in [0.5, 0.6) is 5.75 Å². The summed E-state index contributed by atoms with van der Waals surface area (Å²) >= 11 is 6.65. The van der Waals surface area contributed by atoms with Crippen LogP contribution < -0.4 is 4.74 Å². The van der Waals surface area contributed by atoms with Crippen LogP contribution in [0.2, 0.25) is 5.02 Å². The Bertz CT molecular complexity index is 1170. The van der Waals surface area contributed by atoms with E-state index < -0.39 is 23.8 Å². The summed E-state index contributed by atoms with van der Waals surface area (Å²) in [5.41, 5.74) is 2.50. The molecule has 196 valence electrons. The molecule has 3 heterocycles. The smallest absolute Gasteiger partial charge is 0.307 e. The summed E-state index contributed by atoms with van der Waals surface area (Å²) in [6.45, 7) is 1.65. The molecule has 2 fully saturated rings. The van der Waals surface area contributed by atoms with Gasteiger partial charge in [0.1, 0.15) is 12.4 Å². The number of benzene rings is 1. The van der Waals surface area contributed by atoms with Crippen molar-refractivity contribution in [2.75, 3.05) is 19.6 Å². The summed E-state index contributed by atoms with van der Waals surface area (Å²) in [6, 6.07) is 8.79. The molecule has 2 aliphatic heterocycles. The zero-order chi connectivity index (χ0) is 25.9. The zero-order valence-corrected chi connectivity index (χ0v) is 21.5. The molecular weight excluding hydrogens is 494 g/mol. The van der Waals surface area contributed by atoms with Gasteiger partial charge in [-0.25, -0.2) is 0 Å². The maximum atomic E-state index is 14.0. The van der Waals surface area contributed by atoms with Gasteiger partial charge >= 0.3 is 5.97 Å². The summed E-state index contributed by atoms with van der Waals surface area (Å²) in [6.07, 6.45) is 6.25. The highest BCUT2D eigenvalue weighted by molar-refractivity contribution is 6.31. The average molecular weight is 526 g/mol. The van der Waals surface area contributed by atoms with E-state index in [0.29, 0.717) is 56.1 Å². The van der Waals surface area contributed by atoms with Crippen LogP contribution >= 0.6 is 11.6 Å². The fourth-order valence-electron chi connectivity index (χ4n) is 6.04. The van der Waals surface area contributed by atoms with Gasteiger partial charge in [-0.2, -0.15) is 0 Å². The highest BCUT2D eigenvalue weighted by Crippen LogP contribution is 2.43. The third kappa shape index (κ3) is 5.30. The molecule has 0 bridgehead atoms. The molecule has 1 aromatic carbocycles. The second kappa shape index (κ2) is 11.1. The Kier molecular flexibility index (Phi) is 7.65. The van der Waals surface area contributed by atoms with Gasteiger partial charge in [-0.05, 0) is 55.5 Å². The summed E-state index contributed by atoms with van der Waals surface area (Å²) < 4.78 is 6.24. The predicted octanol–water partition coefficient (Wildman–Crippen LogP) is 4.25. The number of likely N-dealkylation sites (tertiary alicyclic amines) is 1. The number of carbonyl (C=O) groups excluding carboxylic acids is 2. The van der Waals surface area contributed by atoms with Crippen molar-refractivity contribution in [1.29, 1.82) is 0 Å². The number of fused-ring (bicyclic) bond motifs is 1. The first kappa shape index (κ1) is 25.5. The molecule has 37 heavy (non-hydrogen) atoms. The fraction of sp³-hybridized carbons (Fsp3) is 0.500. The maximum Gasteiger partial charge on any atom is 0.307 e. The molecular formula is C28H32ClN3O5. The van der Waals surface area contributed by atoms with Gasteiger partial charge in [0, 0.05) is 42.8 Å². The predicted molar refractivity (Wildman–Crippen MR) is 137 cm³/mol. The van der Waals surface area contributed by atoms with Gasteiger partial charge in [0.2, 0.25) is 11.8 Å². The lowest BCUT2D eigenvalue weighted by Gasteiger charge is -2.43. The number of halogens is 1. The van der Waals surface area contributed by atoms with Crippen LogP contribution in [-0.4, -0.2) is 57.3 Å². The minimum atomic E-state index is -0.913. The number of carboxylic acid groups (broad SMARTS) is 1. The quantitative estimate of drug-likeness (QED) is 0.580. The molecule has 5 rings (SSSR count). The van der Waals surface area contributed by atoms with Crippen molar-refractivity contribution in [3.8, 4) is 5.75 Å². The summed E-state index contributed by atoms with van der Waals surface area (Å²) in [4.78, 5) is 46.6. The van der Waals surface area contributed by atoms with Crippen molar-refractivity contribution in [2.24, 2.45) is 11.8 Å². The molecule has 2 aromatic rings. The molecule has 2 amide bonds. The first-order valence-corrected chi connectivity index (χ1v) is 13.5. The molecule has 1 N–H and O–H groups in total. The SMILES string of the molecule is O=C(O)[C@H]1CCCC[C@H]1C(=O)N1CCc2c(Cl)ccc(OCc3ccccn3)c2C1CN1CCCC1=O. The van der Waals surface area contributed by atoms with Crippen LogP contribution in [0.3, 0.4) is 0 Å². The Labute approximate surface area is 221 Å². The molecule has 9 heteroatoms. The average Bonchev–Trinajstić information content (AvgIpc) is 3.32. The number of aromatic nitrogens is 1. The third-order valence-electron chi connectivity index (χ3n) is 7.92. The van der Waals surface area contributed by atoms with E-state index >= 15 is 0 Å².